The standard InChI is InChI=1S/C19H21NO4/c1-23-18(21)13-5-3-12(4-6-13)16-9-7-14-11-15(19(22)24-2)8-10-17(14)20-16/h7-13H,3-6H2,1-2H3. The van der Waals surface area contributed by atoms with E-state index in [-0.39, 0.29) is 17.9 Å². The first-order valence-corrected chi connectivity index (χ1v) is 8.19. The maximum absolute atomic E-state index is 11.6. The molecule has 1 heterocycles. The topological polar surface area (TPSA) is 65.5 Å². The highest BCUT2D eigenvalue weighted by atomic mass is 16.5. The summed E-state index contributed by atoms with van der Waals surface area (Å²) in [5, 5.41) is 0.921. The first-order chi connectivity index (χ1) is 11.6. The van der Waals surface area contributed by atoms with Crippen LogP contribution in [0.25, 0.3) is 10.9 Å². The van der Waals surface area contributed by atoms with Crippen LogP contribution in [-0.2, 0) is 14.3 Å². The number of fused-ring (bicyclic) bond motifs is 1. The second kappa shape index (κ2) is 6.99. The molecule has 1 aliphatic carbocycles. The van der Waals surface area contributed by atoms with Crippen LogP contribution in [0.5, 0.6) is 0 Å². The zero-order chi connectivity index (χ0) is 17.1. The lowest BCUT2D eigenvalue weighted by Crippen LogP contribution is -2.22. The zero-order valence-corrected chi connectivity index (χ0v) is 14.0. The Morgan fingerprint density at radius 2 is 1.75 bits per heavy atom. The van der Waals surface area contributed by atoms with Crippen LogP contribution in [0.1, 0.15) is 47.7 Å². The van der Waals surface area contributed by atoms with Crippen LogP contribution in [-0.4, -0.2) is 31.1 Å². The molecule has 1 aromatic heterocycles. The largest absolute Gasteiger partial charge is 0.469 e. The molecule has 0 spiro atoms. The van der Waals surface area contributed by atoms with Gasteiger partial charge in [0.15, 0.2) is 0 Å². The van der Waals surface area contributed by atoms with Crippen LogP contribution >= 0.6 is 0 Å². The van der Waals surface area contributed by atoms with Gasteiger partial charge in [-0.3, -0.25) is 9.78 Å². The normalized spacial score (nSPS) is 20.6. The summed E-state index contributed by atoms with van der Waals surface area (Å²) >= 11 is 0. The third-order valence-corrected chi connectivity index (χ3v) is 4.81. The molecule has 0 N–H and O–H groups in total. The predicted molar refractivity (Wildman–Crippen MR) is 89.8 cm³/mol. The summed E-state index contributed by atoms with van der Waals surface area (Å²) in [6.45, 7) is 0. The Kier molecular flexibility index (Phi) is 4.79. The van der Waals surface area contributed by atoms with Crippen molar-refractivity contribution in [2.24, 2.45) is 5.92 Å². The molecule has 1 aromatic carbocycles. The van der Waals surface area contributed by atoms with Crippen molar-refractivity contribution in [1.82, 2.24) is 4.98 Å². The molecule has 5 heteroatoms. The minimum absolute atomic E-state index is 0.0225. The van der Waals surface area contributed by atoms with Crippen molar-refractivity contribution in [1.29, 1.82) is 0 Å². The Bertz CT molecular complexity index is 763. The molecule has 1 saturated carbocycles. The first-order valence-electron chi connectivity index (χ1n) is 8.19. The van der Waals surface area contributed by atoms with Crippen molar-refractivity contribution < 1.29 is 19.1 Å². The van der Waals surface area contributed by atoms with Gasteiger partial charge in [0.25, 0.3) is 0 Å². The Balaban J connectivity index is 1.77. The minimum Gasteiger partial charge on any atom is -0.469 e. The predicted octanol–water partition coefficient (Wildman–Crippen LogP) is 3.47. The van der Waals surface area contributed by atoms with Crippen LogP contribution in [0.4, 0.5) is 0 Å². The van der Waals surface area contributed by atoms with Gasteiger partial charge in [-0.1, -0.05) is 6.07 Å². The van der Waals surface area contributed by atoms with Gasteiger partial charge in [0.1, 0.15) is 0 Å². The molecular weight excluding hydrogens is 306 g/mol. The number of esters is 2. The molecule has 126 valence electrons. The average Bonchev–Trinajstić information content (AvgIpc) is 2.66. The number of hydrogen-bond donors (Lipinski definition) is 0. The molecule has 0 unspecified atom stereocenters. The lowest BCUT2D eigenvalue weighted by molar-refractivity contribution is -0.146. The molecule has 1 fully saturated rings. The molecular formula is C19H21NO4. The van der Waals surface area contributed by atoms with Gasteiger partial charge in [-0.15, -0.1) is 0 Å². The Labute approximate surface area is 141 Å². The van der Waals surface area contributed by atoms with Gasteiger partial charge in [-0.05, 0) is 49.9 Å². The maximum Gasteiger partial charge on any atom is 0.337 e. The van der Waals surface area contributed by atoms with Gasteiger partial charge >= 0.3 is 11.9 Å². The van der Waals surface area contributed by atoms with Crippen LogP contribution < -0.4 is 0 Å². The highest BCUT2D eigenvalue weighted by molar-refractivity contribution is 5.94. The van der Waals surface area contributed by atoms with E-state index in [1.807, 2.05) is 18.2 Å². The second-order valence-corrected chi connectivity index (χ2v) is 6.21. The molecule has 0 amide bonds. The lowest BCUT2D eigenvalue weighted by atomic mass is 9.80. The molecule has 5 nitrogen and oxygen atoms in total. The summed E-state index contributed by atoms with van der Waals surface area (Å²) in [6.07, 6.45) is 3.58. The van der Waals surface area contributed by atoms with E-state index in [0.717, 1.165) is 42.3 Å². The quantitative estimate of drug-likeness (QED) is 0.808. The molecule has 0 aliphatic heterocycles. The summed E-state index contributed by atoms with van der Waals surface area (Å²) in [5.74, 6) is -0.0534. The van der Waals surface area contributed by atoms with Crippen molar-refractivity contribution in [2.45, 2.75) is 31.6 Å². The van der Waals surface area contributed by atoms with Crippen molar-refractivity contribution in [3.05, 3.63) is 41.6 Å². The number of hydrogen-bond acceptors (Lipinski definition) is 5. The zero-order valence-electron chi connectivity index (χ0n) is 14.0. The van der Waals surface area contributed by atoms with Gasteiger partial charge in [0.2, 0.25) is 0 Å². The number of rotatable bonds is 3. The number of pyridine rings is 1. The Morgan fingerprint density at radius 1 is 1.00 bits per heavy atom. The number of benzene rings is 1. The smallest absolute Gasteiger partial charge is 0.337 e. The van der Waals surface area contributed by atoms with E-state index in [2.05, 4.69) is 0 Å². The van der Waals surface area contributed by atoms with E-state index in [4.69, 9.17) is 14.5 Å². The average molecular weight is 327 g/mol. The molecule has 0 saturated heterocycles. The number of carbonyl (C=O) groups is 2. The van der Waals surface area contributed by atoms with Gasteiger partial charge in [0, 0.05) is 17.0 Å². The van der Waals surface area contributed by atoms with Crippen molar-refractivity contribution in [2.75, 3.05) is 14.2 Å². The monoisotopic (exact) mass is 327 g/mol. The van der Waals surface area contributed by atoms with E-state index in [1.165, 1.54) is 14.2 Å². The third kappa shape index (κ3) is 3.25. The number of aromatic nitrogens is 1. The van der Waals surface area contributed by atoms with Crippen molar-refractivity contribution >= 4 is 22.8 Å². The van der Waals surface area contributed by atoms with Crippen molar-refractivity contribution in [3.63, 3.8) is 0 Å². The van der Waals surface area contributed by atoms with E-state index >= 15 is 0 Å². The molecule has 0 radical (unpaired) electrons. The number of carbonyl (C=O) groups excluding carboxylic acids is 2. The Morgan fingerprint density at radius 3 is 2.42 bits per heavy atom. The van der Waals surface area contributed by atoms with E-state index in [9.17, 15) is 9.59 Å². The summed E-state index contributed by atoms with van der Waals surface area (Å²) in [7, 11) is 2.82. The third-order valence-electron chi connectivity index (χ3n) is 4.81. The van der Waals surface area contributed by atoms with Crippen LogP contribution in [0.2, 0.25) is 0 Å². The van der Waals surface area contributed by atoms with Crippen LogP contribution in [0.3, 0.4) is 0 Å². The highest BCUT2D eigenvalue weighted by Crippen LogP contribution is 2.36. The van der Waals surface area contributed by atoms with E-state index in [0.29, 0.717) is 11.5 Å². The fourth-order valence-electron chi connectivity index (χ4n) is 3.41. The molecule has 2 aromatic rings. The molecule has 24 heavy (non-hydrogen) atoms. The SMILES string of the molecule is COC(=O)c1ccc2nc(C3CCC(C(=O)OC)CC3)ccc2c1. The first kappa shape index (κ1) is 16.4. The number of methoxy groups -OCH3 is 2. The molecule has 1 aliphatic rings. The number of ether oxygens (including phenoxy) is 2. The summed E-state index contributed by atoms with van der Waals surface area (Å²) in [6, 6.07) is 9.40. The van der Waals surface area contributed by atoms with E-state index in [1.54, 1.807) is 12.1 Å². The van der Waals surface area contributed by atoms with Gasteiger partial charge in [-0.2, -0.15) is 0 Å². The molecule has 0 atom stereocenters. The van der Waals surface area contributed by atoms with E-state index < -0.39 is 0 Å². The molecule has 3 rings (SSSR count). The van der Waals surface area contributed by atoms with Gasteiger partial charge < -0.3 is 9.47 Å². The Hall–Kier alpha value is -2.43. The summed E-state index contributed by atoms with van der Waals surface area (Å²) < 4.78 is 9.58. The molecule has 0 bridgehead atoms. The maximum atomic E-state index is 11.6. The fraction of sp³-hybridized carbons (Fsp3) is 0.421. The van der Waals surface area contributed by atoms with Crippen LogP contribution in [0, 0.1) is 5.92 Å². The minimum atomic E-state index is -0.345. The van der Waals surface area contributed by atoms with Gasteiger partial charge in [0.05, 0.1) is 31.2 Å². The van der Waals surface area contributed by atoms with Crippen LogP contribution in [0.15, 0.2) is 30.3 Å². The highest BCUT2D eigenvalue weighted by Gasteiger charge is 2.28. The van der Waals surface area contributed by atoms with Gasteiger partial charge in [-0.25, -0.2) is 4.79 Å². The fourth-order valence-corrected chi connectivity index (χ4v) is 3.41. The summed E-state index contributed by atoms with van der Waals surface area (Å²) in [4.78, 5) is 28.0. The lowest BCUT2D eigenvalue weighted by Gasteiger charge is -2.26. The number of nitrogens with zero attached hydrogens (tertiary/aromatic N) is 1. The summed E-state index contributed by atoms with van der Waals surface area (Å²) in [5.41, 5.74) is 2.45. The van der Waals surface area contributed by atoms with Crippen molar-refractivity contribution in [3.8, 4) is 0 Å². The second-order valence-electron chi connectivity index (χ2n) is 6.21.